The van der Waals surface area contributed by atoms with Crippen molar-refractivity contribution in [3.63, 3.8) is 0 Å². The van der Waals surface area contributed by atoms with Gasteiger partial charge in [0, 0.05) is 29.3 Å². The van der Waals surface area contributed by atoms with Crippen LogP contribution in [0.5, 0.6) is 0 Å². The maximum atomic E-state index is 11.2. The van der Waals surface area contributed by atoms with Gasteiger partial charge in [-0.25, -0.2) is 14.5 Å². The van der Waals surface area contributed by atoms with Crippen molar-refractivity contribution in [3.05, 3.63) is 65.1 Å². The van der Waals surface area contributed by atoms with Gasteiger partial charge in [0.05, 0.1) is 0 Å². The topological polar surface area (TPSA) is 127 Å². The number of carbonyl (C=O) groups is 1. The summed E-state index contributed by atoms with van der Waals surface area (Å²) >= 11 is 0. The van der Waals surface area contributed by atoms with Gasteiger partial charge < -0.3 is 9.94 Å². The summed E-state index contributed by atoms with van der Waals surface area (Å²) in [6.45, 7) is 6.01. The molecule has 0 aliphatic rings. The van der Waals surface area contributed by atoms with Gasteiger partial charge in [-0.05, 0) is 22.6 Å². The second kappa shape index (κ2) is 8.68. The highest BCUT2D eigenvalue weighted by molar-refractivity contribution is 6.10. The highest BCUT2D eigenvalue weighted by Gasteiger charge is 2.19. The Morgan fingerprint density at radius 2 is 1.93 bits per heavy atom. The third kappa shape index (κ3) is 4.96. The normalized spacial score (nSPS) is 11.9. The predicted molar refractivity (Wildman–Crippen MR) is 110 cm³/mol. The smallest absolute Gasteiger partial charge is 0.410 e. The molecule has 2 aromatic heterocycles. The SMILES string of the molecule is Cn1nnnc1C(=NOCc1ccc(C(C)(C)C)nc1NC(=O)O)c1ccccc1. The van der Waals surface area contributed by atoms with E-state index in [1.807, 2.05) is 57.2 Å². The van der Waals surface area contributed by atoms with Crippen molar-refractivity contribution < 1.29 is 14.7 Å². The Morgan fingerprint density at radius 1 is 1.20 bits per heavy atom. The third-order valence-corrected chi connectivity index (χ3v) is 4.23. The molecule has 0 bridgehead atoms. The number of rotatable bonds is 6. The van der Waals surface area contributed by atoms with Crippen LogP contribution in [0.3, 0.4) is 0 Å². The predicted octanol–water partition coefficient (Wildman–Crippen LogP) is 2.96. The van der Waals surface area contributed by atoms with Crippen LogP contribution in [-0.4, -0.2) is 42.1 Å². The Hall–Kier alpha value is -3.82. The zero-order valence-electron chi connectivity index (χ0n) is 17.2. The number of pyridine rings is 1. The first kappa shape index (κ1) is 20.9. The number of nitrogens with one attached hydrogen (secondary N) is 1. The fourth-order valence-electron chi connectivity index (χ4n) is 2.65. The monoisotopic (exact) mass is 409 g/mol. The van der Waals surface area contributed by atoms with E-state index in [0.29, 0.717) is 17.1 Å². The number of tetrazole rings is 1. The lowest BCUT2D eigenvalue weighted by Crippen LogP contribution is -2.18. The first-order valence-corrected chi connectivity index (χ1v) is 9.24. The molecule has 10 nitrogen and oxygen atoms in total. The number of aromatic nitrogens is 5. The van der Waals surface area contributed by atoms with Crippen LogP contribution in [0.15, 0.2) is 47.6 Å². The minimum atomic E-state index is -1.20. The van der Waals surface area contributed by atoms with E-state index in [9.17, 15) is 4.79 Å². The number of anilines is 1. The zero-order chi connectivity index (χ0) is 21.7. The molecule has 10 heteroatoms. The van der Waals surface area contributed by atoms with Gasteiger partial charge in [0.15, 0.2) is 5.71 Å². The van der Waals surface area contributed by atoms with E-state index in [1.165, 1.54) is 4.68 Å². The number of hydrogen-bond donors (Lipinski definition) is 2. The van der Waals surface area contributed by atoms with Gasteiger partial charge in [-0.1, -0.05) is 56.3 Å². The number of oxime groups is 1. The van der Waals surface area contributed by atoms with Gasteiger partial charge in [-0.15, -0.1) is 5.10 Å². The fraction of sp³-hybridized carbons (Fsp3) is 0.300. The van der Waals surface area contributed by atoms with Crippen LogP contribution < -0.4 is 5.32 Å². The van der Waals surface area contributed by atoms with Crippen molar-refractivity contribution >= 4 is 17.6 Å². The van der Waals surface area contributed by atoms with Gasteiger partial charge >= 0.3 is 6.09 Å². The molecule has 1 amide bonds. The summed E-state index contributed by atoms with van der Waals surface area (Å²) < 4.78 is 1.49. The van der Waals surface area contributed by atoms with Crippen molar-refractivity contribution in [1.82, 2.24) is 25.2 Å². The van der Waals surface area contributed by atoms with Crippen molar-refractivity contribution in [1.29, 1.82) is 0 Å². The lowest BCUT2D eigenvalue weighted by atomic mass is 9.91. The van der Waals surface area contributed by atoms with Gasteiger partial charge in [0.1, 0.15) is 12.4 Å². The highest BCUT2D eigenvalue weighted by Crippen LogP contribution is 2.24. The molecular formula is C20H23N7O3. The molecule has 2 heterocycles. The molecule has 0 radical (unpaired) electrons. The lowest BCUT2D eigenvalue weighted by molar-refractivity contribution is 0.131. The average molecular weight is 409 g/mol. The molecule has 30 heavy (non-hydrogen) atoms. The van der Waals surface area contributed by atoms with Gasteiger partial charge in [-0.2, -0.15) is 0 Å². The molecular weight excluding hydrogens is 386 g/mol. The number of hydrogen-bond acceptors (Lipinski definition) is 7. The number of carboxylic acid groups (broad SMARTS) is 1. The summed E-state index contributed by atoms with van der Waals surface area (Å²) in [5.41, 5.74) is 2.31. The molecule has 0 saturated heterocycles. The summed E-state index contributed by atoms with van der Waals surface area (Å²) in [5.74, 6) is 0.651. The Labute approximate surface area is 173 Å². The molecule has 0 spiro atoms. The first-order chi connectivity index (χ1) is 14.3. The summed E-state index contributed by atoms with van der Waals surface area (Å²) in [5, 5.41) is 27.2. The van der Waals surface area contributed by atoms with E-state index in [0.717, 1.165) is 11.3 Å². The van der Waals surface area contributed by atoms with Crippen LogP contribution in [-0.2, 0) is 23.9 Å². The minimum absolute atomic E-state index is 0.00858. The van der Waals surface area contributed by atoms with E-state index in [-0.39, 0.29) is 17.8 Å². The number of aryl methyl sites for hydroxylation is 1. The third-order valence-electron chi connectivity index (χ3n) is 4.23. The Morgan fingerprint density at radius 3 is 2.53 bits per heavy atom. The molecule has 3 aromatic rings. The first-order valence-electron chi connectivity index (χ1n) is 9.24. The quantitative estimate of drug-likeness (QED) is 0.473. The zero-order valence-corrected chi connectivity index (χ0v) is 17.2. The highest BCUT2D eigenvalue weighted by atomic mass is 16.6. The maximum Gasteiger partial charge on any atom is 0.410 e. The fourth-order valence-corrected chi connectivity index (χ4v) is 2.65. The van der Waals surface area contributed by atoms with E-state index >= 15 is 0 Å². The molecule has 0 aliphatic heterocycles. The van der Waals surface area contributed by atoms with Crippen LogP contribution in [0.25, 0.3) is 0 Å². The Kier molecular flexibility index (Phi) is 6.05. The van der Waals surface area contributed by atoms with Crippen LogP contribution in [0.1, 0.15) is 43.4 Å². The van der Waals surface area contributed by atoms with Crippen molar-refractivity contribution in [3.8, 4) is 0 Å². The number of benzene rings is 1. The minimum Gasteiger partial charge on any atom is -0.465 e. The molecule has 0 unspecified atom stereocenters. The van der Waals surface area contributed by atoms with Crippen molar-refractivity contribution in [2.75, 3.05) is 5.32 Å². The lowest BCUT2D eigenvalue weighted by Gasteiger charge is -2.19. The largest absolute Gasteiger partial charge is 0.465 e. The molecule has 0 saturated carbocycles. The van der Waals surface area contributed by atoms with Crippen molar-refractivity contribution in [2.45, 2.75) is 32.8 Å². The van der Waals surface area contributed by atoms with Gasteiger partial charge in [0.25, 0.3) is 0 Å². The number of amides is 1. The molecule has 3 rings (SSSR count). The summed E-state index contributed by atoms with van der Waals surface area (Å²) in [4.78, 5) is 21.2. The van der Waals surface area contributed by atoms with E-state index in [4.69, 9.17) is 9.94 Å². The van der Waals surface area contributed by atoms with Crippen LogP contribution in [0.4, 0.5) is 10.6 Å². The standard InChI is InChI=1S/C20H23N7O3/c1-20(2,3)15-11-10-14(17(21-15)22-19(28)29)12-30-24-16(13-8-6-5-7-9-13)18-23-25-26-27(18)4/h5-11H,12H2,1-4H3,(H,21,22)(H,28,29). The van der Waals surface area contributed by atoms with Crippen LogP contribution in [0.2, 0.25) is 0 Å². The van der Waals surface area contributed by atoms with Crippen LogP contribution in [0, 0.1) is 0 Å². The summed E-state index contributed by atoms with van der Waals surface area (Å²) in [6, 6.07) is 13.0. The molecule has 0 atom stereocenters. The Bertz CT molecular complexity index is 1060. The second-order valence-electron chi connectivity index (χ2n) is 7.59. The van der Waals surface area contributed by atoms with Gasteiger partial charge in [0.2, 0.25) is 5.82 Å². The van der Waals surface area contributed by atoms with Gasteiger partial charge in [-0.3, -0.25) is 5.32 Å². The van der Waals surface area contributed by atoms with E-state index in [1.54, 1.807) is 13.1 Å². The molecule has 156 valence electrons. The van der Waals surface area contributed by atoms with E-state index in [2.05, 4.69) is 31.0 Å². The summed E-state index contributed by atoms with van der Waals surface area (Å²) in [7, 11) is 1.71. The average Bonchev–Trinajstić information content (AvgIpc) is 3.11. The molecule has 1 aromatic carbocycles. The van der Waals surface area contributed by atoms with E-state index < -0.39 is 6.09 Å². The van der Waals surface area contributed by atoms with Crippen molar-refractivity contribution in [2.24, 2.45) is 12.2 Å². The Balaban J connectivity index is 1.89. The number of nitrogens with zero attached hydrogens (tertiary/aromatic N) is 6. The summed E-state index contributed by atoms with van der Waals surface area (Å²) in [6.07, 6.45) is -1.20. The van der Waals surface area contributed by atoms with Crippen LogP contribution >= 0.6 is 0 Å². The molecule has 2 N–H and O–H groups in total. The maximum absolute atomic E-state index is 11.2. The molecule has 0 fully saturated rings. The molecule has 0 aliphatic carbocycles. The second-order valence-corrected chi connectivity index (χ2v) is 7.59.